The van der Waals surface area contributed by atoms with Gasteiger partial charge in [-0.15, -0.1) is 0 Å². The van der Waals surface area contributed by atoms with E-state index in [2.05, 4.69) is 0 Å². The summed E-state index contributed by atoms with van der Waals surface area (Å²) in [7, 11) is 1.32. The molecule has 0 aliphatic carbocycles. The first kappa shape index (κ1) is 16.9. The molecule has 0 saturated carbocycles. The minimum atomic E-state index is -0.741. The van der Waals surface area contributed by atoms with Gasteiger partial charge in [-0.1, -0.05) is 42.5 Å². The molecular weight excluding hydrogens is 356 g/mol. The summed E-state index contributed by atoms with van der Waals surface area (Å²) in [5, 5.41) is 0. The number of hydrogen-bond acceptors (Lipinski definition) is 4. The number of carbonyl (C=O) groups is 3. The summed E-state index contributed by atoms with van der Waals surface area (Å²) in [6, 6.07) is 15.7. The molecule has 3 aliphatic heterocycles. The molecule has 140 valence electrons. The lowest BCUT2D eigenvalue weighted by Crippen LogP contribution is -3.12. The molecule has 5 atom stereocenters. The van der Waals surface area contributed by atoms with E-state index in [1.807, 2.05) is 42.6 Å². The van der Waals surface area contributed by atoms with Crippen LogP contribution in [0.2, 0.25) is 0 Å². The molecule has 1 N–H and O–H groups in total. The summed E-state index contributed by atoms with van der Waals surface area (Å²) in [4.78, 5) is 41.5. The van der Waals surface area contributed by atoms with Crippen LogP contribution in [-0.2, 0) is 19.1 Å². The van der Waals surface area contributed by atoms with Crippen molar-refractivity contribution >= 4 is 29.5 Å². The Bertz CT molecular complexity index is 1020. The smallest absolute Gasteiger partial charge is 0.365 e. The van der Waals surface area contributed by atoms with Crippen molar-refractivity contribution in [2.45, 2.75) is 12.1 Å². The number of imide groups is 1. The van der Waals surface area contributed by atoms with Gasteiger partial charge in [-0.2, -0.15) is 0 Å². The highest BCUT2D eigenvalue weighted by atomic mass is 16.5. The Hall–Kier alpha value is -3.25. The molecule has 0 spiro atoms. The third kappa shape index (κ3) is 2.15. The molecule has 5 rings (SSSR count). The van der Waals surface area contributed by atoms with E-state index in [9.17, 15) is 14.4 Å². The third-order valence-corrected chi connectivity index (χ3v) is 6.09. The third-order valence-electron chi connectivity index (χ3n) is 6.09. The Balaban J connectivity index is 1.66. The van der Waals surface area contributed by atoms with Crippen LogP contribution in [0.1, 0.15) is 17.2 Å². The number of carbonyl (C=O) groups excluding carboxylic acids is 3. The number of ether oxygens (including phenoxy) is 1. The molecule has 2 aromatic carbocycles. The van der Waals surface area contributed by atoms with E-state index in [-0.39, 0.29) is 17.9 Å². The van der Waals surface area contributed by atoms with Crippen LogP contribution in [0.3, 0.4) is 0 Å². The van der Waals surface area contributed by atoms with E-state index in [1.165, 1.54) is 12.0 Å². The number of nitrogens with one attached hydrogen (secondary N) is 1. The lowest BCUT2D eigenvalue weighted by molar-refractivity contribution is -0.885. The fraction of sp³-hybridized carbons (Fsp3) is 0.227. The van der Waals surface area contributed by atoms with Gasteiger partial charge in [0.1, 0.15) is 17.9 Å². The van der Waals surface area contributed by atoms with E-state index >= 15 is 0 Å². The SMILES string of the molecule is COC(=O)[C@@H]1[C@@H]2C(=O)N(c3ccccc3)C(=O)[C@@H]2[C@H]2c3ccccc3C=C[NH+]12. The number of esters is 1. The average Bonchev–Trinajstić information content (AvgIpc) is 3.21. The molecule has 0 radical (unpaired) electrons. The van der Waals surface area contributed by atoms with Gasteiger partial charge in [0.2, 0.25) is 17.9 Å². The van der Waals surface area contributed by atoms with E-state index < -0.39 is 23.8 Å². The Morgan fingerprint density at radius 1 is 0.964 bits per heavy atom. The number of nitrogens with zero attached hydrogens (tertiary/aromatic N) is 1. The van der Waals surface area contributed by atoms with Crippen molar-refractivity contribution in [3.8, 4) is 0 Å². The highest BCUT2D eigenvalue weighted by Gasteiger charge is 2.68. The first-order valence-corrected chi connectivity index (χ1v) is 9.28. The number of rotatable bonds is 2. The number of benzene rings is 2. The summed E-state index contributed by atoms with van der Waals surface area (Å²) in [5.74, 6) is -2.38. The first-order valence-electron chi connectivity index (χ1n) is 9.28. The number of fused-ring (bicyclic) bond motifs is 5. The van der Waals surface area contributed by atoms with Crippen molar-refractivity contribution in [3.63, 3.8) is 0 Å². The van der Waals surface area contributed by atoms with Crippen LogP contribution in [0.5, 0.6) is 0 Å². The van der Waals surface area contributed by atoms with Crippen LogP contribution in [-0.4, -0.2) is 30.9 Å². The Morgan fingerprint density at radius 3 is 2.39 bits per heavy atom. The lowest BCUT2D eigenvalue weighted by atomic mass is 9.84. The summed E-state index contributed by atoms with van der Waals surface area (Å²) in [6.07, 6.45) is 3.84. The minimum Gasteiger partial charge on any atom is -0.465 e. The van der Waals surface area contributed by atoms with E-state index in [0.717, 1.165) is 16.0 Å². The number of methoxy groups -OCH3 is 1. The van der Waals surface area contributed by atoms with Crippen LogP contribution in [0.15, 0.2) is 60.8 Å². The standard InChI is InChI=1S/C22H18N2O4/c1-28-22(27)19-17-16(18-15-10-6-5-7-13(15)11-12-23(18)19)20(25)24(21(17)26)14-8-3-2-4-9-14/h2-12,16-19H,1H3/p+1/t16-,17+,18+,19-/m0/s1. The van der Waals surface area contributed by atoms with Crippen molar-refractivity contribution in [1.82, 2.24) is 0 Å². The van der Waals surface area contributed by atoms with Crippen molar-refractivity contribution in [2.75, 3.05) is 12.0 Å². The summed E-state index contributed by atoms with van der Waals surface area (Å²) in [5.41, 5.74) is 2.54. The predicted octanol–water partition coefficient (Wildman–Crippen LogP) is 0.958. The van der Waals surface area contributed by atoms with Crippen LogP contribution in [0.4, 0.5) is 5.69 Å². The normalized spacial score (nSPS) is 30.0. The zero-order chi connectivity index (χ0) is 19.4. The second-order valence-corrected chi connectivity index (χ2v) is 7.34. The molecule has 3 heterocycles. The summed E-state index contributed by atoms with van der Waals surface area (Å²) >= 11 is 0. The van der Waals surface area contributed by atoms with Crippen molar-refractivity contribution in [3.05, 3.63) is 71.9 Å². The maximum atomic E-state index is 13.4. The second kappa shape index (κ2) is 6.14. The van der Waals surface area contributed by atoms with Gasteiger partial charge >= 0.3 is 5.97 Å². The zero-order valence-electron chi connectivity index (χ0n) is 15.2. The van der Waals surface area contributed by atoms with E-state index in [0.29, 0.717) is 5.69 Å². The van der Waals surface area contributed by atoms with Crippen LogP contribution in [0, 0.1) is 11.8 Å². The summed E-state index contributed by atoms with van der Waals surface area (Å²) in [6.45, 7) is 0. The van der Waals surface area contributed by atoms with Gasteiger partial charge < -0.3 is 4.74 Å². The van der Waals surface area contributed by atoms with Gasteiger partial charge in [0.15, 0.2) is 0 Å². The number of quaternary nitrogens is 1. The monoisotopic (exact) mass is 375 g/mol. The molecular formula is C22H19N2O4+. The highest BCUT2D eigenvalue weighted by Crippen LogP contribution is 2.44. The van der Waals surface area contributed by atoms with Crippen molar-refractivity contribution in [2.24, 2.45) is 11.8 Å². The Kier molecular flexibility index (Phi) is 3.70. The van der Waals surface area contributed by atoms with E-state index in [1.54, 1.807) is 24.3 Å². The number of para-hydroxylation sites is 1. The molecule has 6 nitrogen and oxygen atoms in total. The molecule has 0 bridgehead atoms. The maximum absolute atomic E-state index is 13.4. The average molecular weight is 375 g/mol. The van der Waals surface area contributed by atoms with Crippen LogP contribution < -0.4 is 9.80 Å². The molecule has 28 heavy (non-hydrogen) atoms. The number of hydrogen-bond donors (Lipinski definition) is 1. The molecule has 2 saturated heterocycles. The van der Waals surface area contributed by atoms with Crippen molar-refractivity contribution in [1.29, 1.82) is 0 Å². The second-order valence-electron chi connectivity index (χ2n) is 7.34. The fourth-order valence-electron chi connectivity index (χ4n) is 4.98. The summed E-state index contributed by atoms with van der Waals surface area (Å²) < 4.78 is 5.03. The lowest BCUT2D eigenvalue weighted by Gasteiger charge is -2.30. The van der Waals surface area contributed by atoms with Crippen LogP contribution >= 0.6 is 0 Å². The molecule has 6 heteroatoms. The van der Waals surface area contributed by atoms with Gasteiger partial charge in [0, 0.05) is 5.56 Å². The predicted molar refractivity (Wildman–Crippen MR) is 101 cm³/mol. The number of amides is 2. The largest absolute Gasteiger partial charge is 0.465 e. The number of anilines is 1. The molecule has 3 aliphatic rings. The minimum absolute atomic E-state index is 0.250. The molecule has 0 aromatic heterocycles. The van der Waals surface area contributed by atoms with Gasteiger partial charge in [-0.3, -0.25) is 14.5 Å². The van der Waals surface area contributed by atoms with Crippen molar-refractivity contribution < 1.29 is 24.0 Å². The highest BCUT2D eigenvalue weighted by molar-refractivity contribution is 6.23. The Morgan fingerprint density at radius 2 is 1.64 bits per heavy atom. The first-order chi connectivity index (χ1) is 13.6. The quantitative estimate of drug-likeness (QED) is 0.627. The fourth-order valence-corrected chi connectivity index (χ4v) is 4.98. The van der Waals surface area contributed by atoms with Gasteiger partial charge in [0.25, 0.3) is 0 Å². The molecule has 1 unspecified atom stereocenters. The van der Waals surface area contributed by atoms with Gasteiger partial charge in [0.05, 0.1) is 19.0 Å². The van der Waals surface area contributed by atoms with Gasteiger partial charge in [-0.05, 0) is 23.8 Å². The van der Waals surface area contributed by atoms with Gasteiger partial charge in [-0.25, -0.2) is 9.69 Å². The van der Waals surface area contributed by atoms with Crippen LogP contribution in [0.25, 0.3) is 6.08 Å². The van der Waals surface area contributed by atoms with E-state index in [4.69, 9.17) is 4.74 Å². The molecule has 2 fully saturated rings. The topological polar surface area (TPSA) is 68.1 Å². The maximum Gasteiger partial charge on any atom is 0.365 e. The zero-order valence-corrected chi connectivity index (χ0v) is 15.2. The molecule has 2 aromatic rings. The Labute approximate surface area is 162 Å². The molecule has 2 amide bonds.